The van der Waals surface area contributed by atoms with E-state index < -0.39 is 5.97 Å². The third-order valence-corrected chi connectivity index (χ3v) is 5.73. The van der Waals surface area contributed by atoms with Gasteiger partial charge in [-0.15, -0.1) is 0 Å². The second-order valence-electron chi connectivity index (χ2n) is 7.33. The van der Waals surface area contributed by atoms with Crippen LogP contribution in [-0.4, -0.2) is 49.2 Å². The second kappa shape index (κ2) is 8.46. The molecule has 2 unspecified atom stereocenters. The number of carbonyl (C=O) groups excluding carboxylic acids is 1. The van der Waals surface area contributed by atoms with Gasteiger partial charge >= 0.3 is 5.97 Å². The van der Waals surface area contributed by atoms with Crippen LogP contribution in [0, 0.1) is 11.8 Å². The Hall–Kier alpha value is -2.50. The van der Waals surface area contributed by atoms with Crippen molar-refractivity contribution < 1.29 is 24.2 Å². The molecule has 27 heavy (non-hydrogen) atoms. The van der Waals surface area contributed by atoms with Gasteiger partial charge in [0.25, 0.3) is 0 Å². The summed E-state index contributed by atoms with van der Waals surface area (Å²) in [5.41, 5.74) is 0.570. The molecule has 1 aromatic rings. The summed E-state index contributed by atoms with van der Waals surface area (Å²) in [6.07, 6.45) is 6.17. The smallest absolute Gasteiger partial charge is 0.332 e. The Balaban J connectivity index is 1.80. The Kier molecular flexibility index (Phi) is 6.04. The number of likely N-dealkylation sites (tertiary alicyclic amines) is 1. The summed E-state index contributed by atoms with van der Waals surface area (Å²) < 4.78 is 10.6. The number of hydrogen-bond acceptors (Lipinski definition) is 4. The number of benzene rings is 1. The fraction of sp³-hybridized carbons (Fsp3) is 0.524. The molecule has 1 N–H and O–H groups in total. The van der Waals surface area contributed by atoms with E-state index in [1.807, 2.05) is 4.90 Å². The van der Waals surface area contributed by atoms with Gasteiger partial charge in [0.05, 0.1) is 26.2 Å². The third kappa shape index (κ3) is 4.26. The lowest BCUT2D eigenvalue weighted by atomic mass is 9.82. The molecule has 1 amide bonds. The lowest BCUT2D eigenvalue weighted by Crippen LogP contribution is -2.29. The average molecular weight is 373 g/mol. The van der Waals surface area contributed by atoms with E-state index in [2.05, 4.69) is 0 Å². The molecule has 146 valence electrons. The number of carboxylic acids is 1. The zero-order valence-electron chi connectivity index (χ0n) is 15.9. The Morgan fingerprint density at radius 2 is 1.67 bits per heavy atom. The second-order valence-corrected chi connectivity index (χ2v) is 7.33. The van der Waals surface area contributed by atoms with E-state index >= 15 is 0 Å². The molecular weight excluding hydrogens is 346 g/mol. The quantitative estimate of drug-likeness (QED) is 0.775. The van der Waals surface area contributed by atoms with Crippen molar-refractivity contribution in [2.75, 3.05) is 27.3 Å². The molecule has 1 saturated carbocycles. The molecule has 0 bridgehead atoms. The van der Waals surface area contributed by atoms with Gasteiger partial charge in [-0.2, -0.15) is 0 Å². The van der Waals surface area contributed by atoms with E-state index in [1.54, 1.807) is 18.2 Å². The predicted octanol–water partition coefficient (Wildman–Crippen LogP) is 3.21. The maximum Gasteiger partial charge on any atom is 0.332 e. The maximum atomic E-state index is 12.8. The molecule has 0 radical (unpaired) electrons. The van der Waals surface area contributed by atoms with Crippen molar-refractivity contribution in [1.29, 1.82) is 0 Å². The van der Waals surface area contributed by atoms with Gasteiger partial charge < -0.3 is 19.5 Å². The Bertz CT molecular complexity index is 706. The minimum Gasteiger partial charge on any atom is -0.496 e. The Labute approximate surface area is 159 Å². The fourth-order valence-corrected chi connectivity index (χ4v) is 4.27. The van der Waals surface area contributed by atoms with Gasteiger partial charge in [0.15, 0.2) is 0 Å². The summed E-state index contributed by atoms with van der Waals surface area (Å²) in [4.78, 5) is 26.4. The first-order chi connectivity index (χ1) is 13.0. The predicted molar refractivity (Wildman–Crippen MR) is 102 cm³/mol. The number of fused-ring (bicyclic) bond motifs is 1. The first-order valence-electron chi connectivity index (χ1n) is 9.46. The van der Waals surface area contributed by atoms with Crippen LogP contribution >= 0.6 is 0 Å². The number of methoxy groups -OCH3 is 2. The van der Waals surface area contributed by atoms with Crippen LogP contribution in [-0.2, 0) is 9.59 Å². The van der Waals surface area contributed by atoms with Crippen LogP contribution in [0.1, 0.15) is 37.7 Å². The first-order valence-corrected chi connectivity index (χ1v) is 9.46. The van der Waals surface area contributed by atoms with Gasteiger partial charge in [0.1, 0.15) is 11.5 Å². The van der Waals surface area contributed by atoms with Crippen LogP contribution in [0.15, 0.2) is 23.8 Å². The number of amides is 1. The van der Waals surface area contributed by atoms with Gasteiger partial charge in [0.2, 0.25) is 5.91 Å². The molecule has 0 aromatic heterocycles. The minimum absolute atomic E-state index is 0.0395. The number of carbonyl (C=O) groups is 2. The van der Waals surface area contributed by atoms with E-state index in [0.29, 0.717) is 28.9 Å². The van der Waals surface area contributed by atoms with Crippen LogP contribution in [0.2, 0.25) is 0 Å². The molecule has 1 aliphatic carbocycles. The molecule has 3 rings (SSSR count). The van der Waals surface area contributed by atoms with E-state index in [-0.39, 0.29) is 17.9 Å². The van der Waals surface area contributed by atoms with Crippen LogP contribution in [0.4, 0.5) is 0 Å². The normalized spacial score (nSPS) is 22.3. The van der Waals surface area contributed by atoms with E-state index in [1.165, 1.54) is 46.0 Å². The number of hydrogen-bond donors (Lipinski definition) is 1. The van der Waals surface area contributed by atoms with Gasteiger partial charge in [0, 0.05) is 18.7 Å². The van der Waals surface area contributed by atoms with Crippen molar-refractivity contribution in [3.8, 4) is 11.5 Å². The SMILES string of the molecule is COc1cccc(OC)c1/C=C(\CC(=O)N1CC2CCCCC2C1)C(=O)O. The number of carboxylic acid groups (broad SMARTS) is 1. The summed E-state index contributed by atoms with van der Waals surface area (Å²) in [5.74, 6) is 0.948. The number of ether oxygens (including phenoxy) is 2. The van der Waals surface area contributed by atoms with Gasteiger partial charge in [-0.25, -0.2) is 4.79 Å². The molecule has 1 aromatic carbocycles. The van der Waals surface area contributed by atoms with Crippen molar-refractivity contribution in [2.45, 2.75) is 32.1 Å². The van der Waals surface area contributed by atoms with E-state index in [9.17, 15) is 14.7 Å². The highest BCUT2D eigenvalue weighted by atomic mass is 16.5. The molecule has 2 atom stereocenters. The topological polar surface area (TPSA) is 76.1 Å². The monoisotopic (exact) mass is 373 g/mol. The maximum absolute atomic E-state index is 12.8. The van der Waals surface area contributed by atoms with E-state index in [4.69, 9.17) is 9.47 Å². The Morgan fingerprint density at radius 1 is 1.11 bits per heavy atom. The molecule has 6 heteroatoms. The first kappa shape index (κ1) is 19.3. The molecule has 2 aliphatic rings. The Morgan fingerprint density at radius 3 is 2.15 bits per heavy atom. The zero-order valence-corrected chi connectivity index (χ0v) is 15.9. The molecule has 2 fully saturated rings. The summed E-state index contributed by atoms with van der Waals surface area (Å²) in [6, 6.07) is 5.24. The van der Waals surface area contributed by atoms with Crippen molar-refractivity contribution in [1.82, 2.24) is 4.90 Å². The van der Waals surface area contributed by atoms with Gasteiger partial charge in [-0.1, -0.05) is 18.9 Å². The van der Waals surface area contributed by atoms with Crippen molar-refractivity contribution in [3.63, 3.8) is 0 Å². The third-order valence-electron chi connectivity index (χ3n) is 5.73. The summed E-state index contributed by atoms with van der Waals surface area (Å²) in [7, 11) is 3.04. The molecule has 1 heterocycles. The van der Waals surface area contributed by atoms with Gasteiger partial charge in [-0.3, -0.25) is 4.79 Å². The molecule has 6 nitrogen and oxygen atoms in total. The lowest BCUT2D eigenvalue weighted by Gasteiger charge is -2.22. The van der Waals surface area contributed by atoms with Gasteiger partial charge in [-0.05, 0) is 42.9 Å². The number of rotatable bonds is 6. The van der Waals surface area contributed by atoms with Crippen LogP contribution in [0.5, 0.6) is 11.5 Å². The average Bonchev–Trinajstić information content (AvgIpc) is 3.11. The van der Waals surface area contributed by atoms with Crippen LogP contribution < -0.4 is 9.47 Å². The number of nitrogens with zero attached hydrogens (tertiary/aromatic N) is 1. The molecule has 1 aliphatic heterocycles. The molecular formula is C21H27NO5. The zero-order chi connectivity index (χ0) is 19.4. The lowest BCUT2D eigenvalue weighted by molar-refractivity contribution is -0.136. The standard InChI is InChI=1S/C21H27NO5/c1-26-18-8-5-9-19(27-2)17(18)10-16(21(24)25)11-20(23)22-12-14-6-3-4-7-15(14)13-22/h5,8-10,14-15H,3-4,6-7,11-13H2,1-2H3,(H,24,25)/b16-10+. The summed E-state index contributed by atoms with van der Waals surface area (Å²) in [5, 5.41) is 9.64. The van der Waals surface area contributed by atoms with E-state index in [0.717, 1.165) is 13.1 Å². The fourth-order valence-electron chi connectivity index (χ4n) is 4.27. The van der Waals surface area contributed by atoms with Crippen molar-refractivity contribution in [3.05, 3.63) is 29.3 Å². The molecule has 1 saturated heterocycles. The minimum atomic E-state index is -1.10. The largest absolute Gasteiger partial charge is 0.496 e. The summed E-state index contributed by atoms with van der Waals surface area (Å²) >= 11 is 0. The van der Waals surface area contributed by atoms with Crippen LogP contribution in [0.3, 0.4) is 0 Å². The summed E-state index contributed by atoms with van der Waals surface area (Å²) in [6.45, 7) is 1.52. The molecule has 0 spiro atoms. The van der Waals surface area contributed by atoms with Crippen LogP contribution in [0.25, 0.3) is 6.08 Å². The highest BCUT2D eigenvalue weighted by molar-refractivity contribution is 5.99. The van der Waals surface area contributed by atoms with Crippen molar-refractivity contribution in [2.24, 2.45) is 11.8 Å². The van der Waals surface area contributed by atoms with Crippen molar-refractivity contribution >= 4 is 18.0 Å². The highest BCUT2D eigenvalue weighted by Gasteiger charge is 2.36. The number of aliphatic carboxylic acids is 1. The highest BCUT2D eigenvalue weighted by Crippen LogP contribution is 2.37.